The molecule has 1 N–H and O–H groups in total. The average molecular weight is 548 g/mol. The van der Waals surface area contributed by atoms with Gasteiger partial charge in [-0.15, -0.1) is 11.8 Å². The second kappa shape index (κ2) is 11.9. The van der Waals surface area contributed by atoms with Gasteiger partial charge in [0, 0.05) is 29.5 Å². The van der Waals surface area contributed by atoms with E-state index in [0.717, 1.165) is 16.0 Å². The predicted molar refractivity (Wildman–Crippen MR) is 151 cm³/mol. The fourth-order valence-corrected chi connectivity index (χ4v) is 5.13. The molecule has 1 aliphatic rings. The fourth-order valence-electron chi connectivity index (χ4n) is 4.72. The molecule has 3 aromatic carbocycles. The summed E-state index contributed by atoms with van der Waals surface area (Å²) in [5.74, 6) is -0.615. The van der Waals surface area contributed by atoms with Crippen molar-refractivity contribution in [3.05, 3.63) is 89.5 Å². The Morgan fingerprint density at radius 1 is 1.00 bits per heavy atom. The number of carbonyl (C=O) groups is 3. The molecule has 1 aliphatic heterocycles. The van der Waals surface area contributed by atoms with Crippen LogP contribution in [0.3, 0.4) is 0 Å². The first-order chi connectivity index (χ1) is 18.6. The van der Waals surface area contributed by atoms with E-state index in [1.807, 2.05) is 55.6 Å². The minimum Gasteiger partial charge on any atom is -0.478 e. The summed E-state index contributed by atoms with van der Waals surface area (Å²) < 4.78 is 11.3. The monoisotopic (exact) mass is 547 g/mol. The zero-order valence-corrected chi connectivity index (χ0v) is 23.4. The second-order valence-electron chi connectivity index (χ2n) is 10.3. The number of thioether (sulfide) groups is 1. The van der Waals surface area contributed by atoms with E-state index in [-0.39, 0.29) is 18.2 Å². The van der Waals surface area contributed by atoms with E-state index in [1.165, 1.54) is 13.8 Å². The molecule has 0 spiro atoms. The van der Waals surface area contributed by atoms with Crippen LogP contribution in [0.1, 0.15) is 35.3 Å². The summed E-state index contributed by atoms with van der Waals surface area (Å²) in [7, 11) is 0. The molecule has 0 bridgehead atoms. The van der Waals surface area contributed by atoms with Crippen LogP contribution in [0.15, 0.2) is 77.7 Å². The maximum absolute atomic E-state index is 13.7. The molecule has 0 aromatic heterocycles. The third kappa shape index (κ3) is 6.81. The Morgan fingerprint density at radius 3 is 2.31 bits per heavy atom. The highest BCUT2D eigenvalue weighted by atomic mass is 32.2. The molecule has 1 amide bonds. The van der Waals surface area contributed by atoms with E-state index < -0.39 is 23.6 Å². The number of Topliss-reactive ketones (excluding diaryl/α,β-unsaturated/α-hetero) is 1. The van der Waals surface area contributed by atoms with Crippen LogP contribution in [-0.2, 0) is 11.2 Å². The number of para-hydroxylation sites is 1. The van der Waals surface area contributed by atoms with E-state index in [2.05, 4.69) is 0 Å². The highest BCUT2D eigenvalue weighted by molar-refractivity contribution is 7.98. The second-order valence-corrected chi connectivity index (χ2v) is 11.1. The highest BCUT2D eigenvalue weighted by Crippen LogP contribution is 2.33. The molecule has 0 unspecified atom stereocenters. The number of nitrogens with zero attached hydrogens (tertiary/aromatic N) is 1. The van der Waals surface area contributed by atoms with Gasteiger partial charge in [0.15, 0.2) is 11.4 Å². The van der Waals surface area contributed by atoms with Gasteiger partial charge in [-0.05, 0) is 80.8 Å². The van der Waals surface area contributed by atoms with Crippen molar-refractivity contribution in [2.24, 2.45) is 11.8 Å². The van der Waals surface area contributed by atoms with E-state index in [9.17, 15) is 19.5 Å². The normalized spacial score (nSPS) is 17.1. The van der Waals surface area contributed by atoms with Crippen molar-refractivity contribution in [3.8, 4) is 11.5 Å². The summed E-state index contributed by atoms with van der Waals surface area (Å²) in [5, 5.41) is 9.40. The van der Waals surface area contributed by atoms with Crippen LogP contribution in [-0.4, -0.2) is 52.8 Å². The van der Waals surface area contributed by atoms with Gasteiger partial charge >= 0.3 is 12.1 Å². The van der Waals surface area contributed by atoms with Gasteiger partial charge in [-0.25, -0.2) is 9.59 Å². The number of aliphatic carboxylic acids is 1. The molecular weight excluding hydrogens is 514 g/mol. The molecule has 2 atom stereocenters. The number of hydrogen-bond donors (Lipinski definition) is 1. The van der Waals surface area contributed by atoms with Crippen LogP contribution in [0, 0.1) is 18.8 Å². The van der Waals surface area contributed by atoms with Crippen LogP contribution < -0.4 is 9.47 Å². The number of rotatable bonds is 9. The van der Waals surface area contributed by atoms with Gasteiger partial charge in [-0.2, -0.15) is 0 Å². The molecule has 0 aliphatic carbocycles. The highest BCUT2D eigenvalue weighted by Gasteiger charge is 2.40. The smallest absolute Gasteiger partial charge is 0.415 e. The van der Waals surface area contributed by atoms with Crippen molar-refractivity contribution in [2.45, 2.75) is 37.7 Å². The summed E-state index contributed by atoms with van der Waals surface area (Å²) >= 11 is 1.61. The molecule has 39 heavy (non-hydrogen) atoms. The number of benzene rings is 3. The molecule has 1 heterocycles. The number of hydrogen-bond acceptors (Lipinski definition) is 6. The van der Waals surface area contributed by atoms with Gasteiger partial charge in [0.2, 0.25) is 0 Å². The number of amides is 1. The third-order valence-corrected chi connectivity index (χ3v) is 7.72. The van der Waals surface area contributed by atoms with E-state index in [0.29, 0.717) is 30.0 Å². The Kier molecular flexibility index (Phi) is 8.65. The Bertz CT molecular complexity index is 1340. The molecule has 7 nitrogen and oxygen atoms in total. The zero-order chi connectivity index (χ0) is 28.2. The minimum absolute atomic E-state index is 0.00236. The topological polar surface area (TPSA) is 93.1 Å². The molecule has 0 radical (unpaired) electrons. The predicted octanol–water partition coefficient (Wildman–Crippen LogP) is 6.13. The van der Waals surface area contributed by atoms with Crippen LogP contribution >= 0.6 is 11.8 Å². The van der Waals surface area contributed by atoms with Gasteiger partial charge in [0.25, 0.3) is 0 Å². The minimum atomic E-state index is -1.36. The van der Waals surface area contributed by atoms with Crippen molar-refractivity contribution >= 4 is 29.6 Å². The summed E-state index contributed by atoms with van der Waals surface area (Å²) in [6, 6.07) is 22.1. The Morgan fingerprint density at radius 2 is 1.69 bits per heavy atom. The molecule has 1 saturated heterocycles. The average Bonchev–Trinajstić information content (AvgIpc) is 3.34. The molecule has 4 rings (SSSR count). The number of likely N-dealkylation sites (tertiary alicyclic amines) is 1. The van der Waals surface area contributed by atoms with Gasteiger partial charge < -0.3 is 19.5 Å². The first-order valence-corrected chi connectivity index (χ1v) is 14.0. The van der Waals surface area contributed by atoms with Gasteiger partial charge in [-0.1, -0.05) is 42.5 Å². The lowest BCUT2D eigenvalue weighted by Gasteiger charge is -2.23. The lowest BCUT2D eigenvalue weighted by atomic mass is 9.84. The van der Waals surface area contributed by atoms with E-state index >= 15 is 0 Å². The summed E-state index contributed by atoms with van der Waals surface area (Å²) in [6.07, 6.45) is 2.08. The van der Waals surface area contributed by atoms with Crippen molar-refractivity contribution in [1.82, 2.24) is 4.90 Å². The van der Waals surface area contributed by atoms with Crippen molar-refractivity contribution < 1.29 is 29.0 Å². The van der Waals surface area contributed by atoms with E-state index in [4.69, 9.17) is 9.47 Å². The van der Waals surface area contributed by atoms with Crippen LogP contribution in [0.4, 0.5) is 4.79 Å². The lowest BCUT2D eigenvalue weighted by Crippen LogP contribution is -2.38. The largest absolute Gasteiger partial charge is 0.478 e. The first-order valence-electron chi connectivity index (χ1n) is 12.8. The lowest BCUT2D eigenvalue weighted by molar-refractivity contribution is -0.152. The van der Waals surface area contributed by atoms with Crippen molar-refractivity contribution in [3.63, 3.8) is 0 Å². The van der Waals surface area contributed by atoms with Crippen molar-refractivity contribution in [2.75, 3.05) is 19.3 Å². The number of carbonyl (C=O) groups excluding carboxylic acids is 2. The van der Waals surface area contributed by atoms with Crippen LogP contribution in [0.25, 0.3) is 0 Å². The molecular formula is C31H33NO6S. The maximum atomic E-state index is 13.7. The van der Waals surface area contributed by atoms with Gasteiger partial charge in [0.1, 0.15) is 11.5 Å². The fraction of sp³-hybridized carbons (Fsp3) is 0.323. The third-order valence-electron chi connectivity index (χ3n) is 6.98. The van der Waals surface area contributed by atoms with Gasteiger partial charge in [0.05, 0.1) is 0 Å². The Hall–Kier alpha value is -3.78. The molecule has 0 saturated carbocycles. The molecule has 3 aromatic rings. The van der Waals surface area contributed by atoms with Gasteiger partial charge in [-0.3, -0.25) is 4.79 Å². The Balaban J connectivity index is 1.55. The Labute approximate surface area is 233 Å². The maximum Gasteiger partial charge on any atom is 0.415 e. The number of ketones is 1. The molecule has 1 fully saturated rings. The SMILES string of the molecule is CSc1ccc(C(=O)[C@H]2CN(C(=O)Oc3ccccc3)C[C@@H]2Cc2ccc(OC(C)(C)C(=O)O)c(C)c2)cc1. The number of carboxylic acid groups (broad SMARTS) is 1. The number of ether oxygens (including phenoxy) is 2. The zero-order valence-electron chi connectivity index (χ0n) is 22.5. The summed E-state index contributed by atoms with van der Waals surface area (Å²) in [4.78, 5) is 40.8. The van der Waals surface area contributed by atoms with Crippen LogP contribution in [0.5, 0.6) is 11.5 Å². The quantitative estimate of drug-likeness (QED) is 0.254. The van der Waals surface area contributed by atoms with Crippen molar-refractivity contribution in [1.29, 1.82) is 0 Å². The number of aryl methyl sites for hydroxylation is 1. The summed E-state index contributed by atoms with van der Waals surface area (Å²) in [6.45, 7) is 5.53. The number of carboxylic acids is 1. The van der Waals surface area contributed by atoms with Crippen LogP contribution in [0.2, 0.25) is 0 Å². The first kappa shape index (κ1) is 28.2. The van der Waals surface area contributed by atoms with E-state index in [1.54, 1.807) is 47.0 Å². The standard InChI is InChI=1S/C31H33NO6S/c1-20-16-21(10-15-27(20)38-31(2,3)29(34)35)17-23-18-32(30(36)37-24-8-6-5-7-9-24)19-26(23)28(33)22-11-13-25(39-4)14-12-22/h5-16,23,26H,17-19H2,1-4H3,(H,34,35)/t23-,26-/m0/s1. The summed E-state index contributed by atoms with van der Waals surface area (Å²) in [5.41, 5.74) is 1.04. The molecule has 8 heteroatoms. The molecule has 204 valence electrons.